The molecule has 1 atom stereocenters. The van der Waals surface area contributed by atoms with Crippen LogP contribution in [0.2, 0.25) is 0 Å². The van der Waals surface area contributed by atoms with Gasteiger partial charge in [-0.05, 0) is 31.9 Å². The molecule has 0 spiro atoms. The van der Waals surface area contributed by atoms with Crippen molar-refractivity contribution in [1.29, 1.82) is 0 Å². The molecule has 27 heavy (non-hydrogen) atoms. The first-order chi connectivity index (χ1) is 12.8. The van der Waals surface area contributed by atoms with Crippen LogP contribution in [0.5, 0.6) is 5.88 Å². The Hall–Kier alpha value is -2.89. The van der Waals surface area contributed by atoms with E-state index in [4.69, 9.17) is 10.5 Å². The average Bonchev–Trinajstić information content (AvgIpc) is 3.10. The Labute approximate surface area is 160 Å². The fraction of sp³-hybridized carbons (Fsp3) is 0.381. The zero-order valence-electron chi connectivity index (χ0n) is 16.2. The molecule has 0 bridgehead atoms. The number of rotatable bonds is 5. The Morgan fingerprint density at radius 1 is 1.22 bits per heavy atom. The summed E-state index contributed by atoms with van der Waals surface area (Å²) in [6, 6.07) is 9.31. The van der Waals surface area contributed by atoms with Crippen molar-refractivity contribution in [2.24, 2.45) is 5.92 Å². The van der Waals surface area contributed by atoms with E-state index in [1.165, 1.54) is 0 Å². The monoisotopic (exact) mass is 366 g/mol. The highest BCUT2D eigenvalue weighted by Gasteiger charge is 2.27. The number of carbonyl (C=O) groups excluding carboxylic acids is 1. The van der Waals surface area contributed by atoms with Gasteiger partial charge < -0.3 is 15.4 Å². The molecule has 1 aliphatic rings. The number of hydrogen-bond donors (Lipinski definition) is 1. The number of nitrogen functional groups attached to an aromatic ring is 1. The van der Waals surface area contributed by atoms with Crippen LogP contribution in [-0.2, 0) is 0 Å². The first-order valence-electron chi connectivity index (χ1n) is 9.24. The van der Waals surface area contributed by atoms with Crippen LogP contribution in [0.15, 0.2) is 42.5 Å². The van der Waals surface area contributed by atoms with E-state index in [0.717, 1.165) is 5.56 Å². The number of nitrogens with zero attached hydrogens (tertiary/aromatic N) is 3. The number of amides is 1. The van der Waals surface area contributed by atoms with E-state index < -0.39 is 0 Å². The maximum Gasteiger partial charge on any atom is 0.254 e. The molecule has 2 heterocycles. The molecule has 0 unspecified atom stereocenters. The SMILES string of the molecule is CC(C)Oc1cc(-c2cccc(C(=O)N3CC=C[C@@H]3C(C)C)c2)nc(N)n1. The van der Waals surface area contributed by atoms with E-state index >= 15 is 0 Å². The van der Waals surface area contributed by atoms with Gasteiger partial charge in [0.15, 0.2) is 0 Å². The van der Waals surface area contributed by atoms with Crippen molar-refractivity contribution in [1.82, 2.24) is 14.9 Å². The molecule has 1 aromatic carbocycles. The third-order valence-electron chi connectivity index (χ3n) is 4.42. The van der Waals surface area contributed by atoms with Crippen molar-refractivity contribution in [2.75, 3.05) is 12.3 Å². The number of aromatic nitrogens is 2. The van der Waals surface area contributed by atoms with E-state index in [-0.39, 0.29) is 24.0 Å². The molecule has 2 N–H and O–H groups in total. The molecule has 142 valence electrons. The van der Waals surface area contributed by atoms with Crippen molar-refractivity contribution in [3.05, 3.63) is 48.0 Å². The summed E-state index contributed by atoms with van der Waals surface area (Å²) in [6.07, 6.45) is 4.14. The smallest absolute Gasteiger partial charge is 0.254 e. The first kappa shape index (κ1) is 18.9. The van der Waals surface area contributed by atoms with Crippen LogP contribution in [0.1, 0.15) is 38.1 Å². The molecule has 1 aromatic heterocycles. The Balaban J connectivity index is 1.90. The summed E-state index contributed by atoms with van der Waals surface area (Å²) in [4.78, 5) is 23.3. The number of ether oxygens (including phenoxy) is 1. The second-order valence-electron chi connectivity index (χ2n) is 7.32. The number of carbonyl (C=O) groups is 1. The number of nitrogens with two attached hydrogens (primary N) is 1. The first-order valence-corrected chi connectivity index (χ1v) is 9.24. The maximum atomic E-state index is 13.0. The summed E-state index contributed by atoms with van der Waals surface area (Å²) in [6.45, 7) is 8.73. The topological polar surface area (TPSA) is 81.3 Å². The van der Waals surface area contributed by atoms with Gasteiger partial charge in [0.2, 0.25) is 11.8 Å². The van der Waals surface area contributed by atoms with Gasteiger partial charge in [-0.3, -0.25) is 4.79 Å². The summed E-state index contributed by atoms with van der Waals surface area (Å²) in [5, 5.41) is 0. The Bertz CT molecular complexity index is 861. The van der Waals surface area contributed by atoms with Gasteiger partial charge in [0.05, 0.1) is 17.8 Å². The highest BCUT2D eigenvalue weighted by atomic mass is 16.5. The molecule has 6 heteroatoms. The van der Waals surface area contributed by atoms with Gasteiger partial charge in [-0.2, -0.15) is 4.98 Å². The molecule has 0 radical (unpaired) electrons. The van der Waals surface area contributed by atoms with Crippen LogP contribution in [0.25, 0.3) is 11.3 Å². The molecule has 0 saturated heterocycles. The summed E-state index contributed by atoms with van der Waals surface area (Å²) in [5.74, 6) is 0.950. The largest absolute Gasteiger partial charge is 0.475 e. The highest BCUT2D eigenvalue weighted by molar-refractivity contribution is 5.96. The minimum absolute atomic E-state index is 0.0150. The Kier molecular flexibility index (Phi) is 5.44. The van der Waals surface area contributed by atoms with Crippen LogP contribution in [-0.4, -0.2) is 39.5 Å². The van der Waals surface area contributed by atoms with Crippen molar-refractivity contribution < 1.29 is 9.53 Å². The van der Waals surface area contributed by atoms with Crippen LogP contribution in [0, 0.1) is 5.92 Å². The van der Waals surface area contributed by atoms with E-state index in [0.29, 0.717) is 29.6 Å². The average molecular weight is 366 g/mol. The quantitative estimate of drug-likeness (QED) is 0.819. The lowest BCUT2D eigenvalue weighted by molar-refractivity contribution is 0.0720. The molecule has 1 amide bonds. The Morgan fingerprint density at radius 2 is 2.00 bits per heavy atom. The fourth-order valence-corrected chi connectivity index (χ4v) is 3.21. The van der Waals surface area contributed by atoms with Gasteiger partial charge in [-0.1, -0.05) is 38.1 Å². The zero-order valence-corrected chi connectivity index (χ0v) is 16.2. The van der Waals surface area contributed by atoms with Crippen molar-refractivity contribution in [2.45, 2.75) is 39.8 Å². The number of anilines is 1. The van der Waals surface area contributed by atoms with E-state index in [1.807, 2.05) is 49.1 Å². The van der Waals surface area contributed by atoms with Gasteiger partial charge in [0.1, 0.15) is 0 Å². The minimum atomic E-state index is -0.0179. The standard InChI is InChI=1S/C21H26N4O2/c1-13(2)18-9-6-10-25(18)20(26)16-8-5-7-15(11-16)17-12-19(27-14(3)4)24-21(22)23-17/h5-9,11-14,18H,10H2,1-4H3,(H2,22,23,24)/t18-/m1/s1. The van der Waals surface area contributed by atoms with Crippen LogP contribution >= 0.6 is 0 Å². The molecule has 0 aliphatic carbocycles. The fourth-order valence-electron chi connectivity index (χ4n) is 3.21. The molecule has 1 aliphatic heterocycles. The van der Waals surface area contributed by atoms with E-state index in [9.17, 15) is 4.79 Å². The summed E-state index contributed by atoms with van der Waals surface area (Å²) >= 11 is 0. The molecular formula is C21H26N4O2. The molecule has 0 saturated carbocycles. The number of hydrogen-bond acceptors (Lipinski definition) is 5. The molecule has 2 aromatic rings. The lowest BCUT2D eigenvalue weighted by Gasteiger charge is -2.27. The predicted molar refractivity (Wildman–Crippen MR) is 106 cm³/mol. The number of benzene rings is 1. The predicted octanol–water partition coefficient (Wildman–Crippen LogP) is 3.55. The normalized spacial score (nSPS) is 16.4. The summed E-state index contributed by atoms with van der Waals surface area (Å²) < 4.78 is 5.64. The lowest BCUT2D eigenvalue weighted by Crippen LogP contribution is -2.39. The maximum absolute atomic E-state index is 13.0. The Morgan fingerprint density at radius 3 is 2.70 bits per heavy atom. The molecule has 6 nitrogen and oxygen atoms in total. The van der Waals surface area contributed by atoms with E-state index in [2.05, 4.69) is 29.9 Å². The van der Waals surface area contributed by atoms with Gasteiger partial charge in [-0.25, -0.2) is 4.98 Å². The van der Waals surface area contributed by atoms with Gasteiger partial charge in [0.25, 0.3) is 5.91 Å². The second kappa shape index (κ2) is 7.78. The summed E-state index contributed by atoms with van der Waals surface area (Å²) in [5.41, 5.74) is 7.90. The van der Waals surface area contributed by atoms with Gasteiger partial charge in [-0.15, -0.1) is 0 Å². The summed E-state index contributed by atoms with van der Waals surface area (Å²) in [7, 11) is 0. The third-order valence-corrected chi connectivity index (χ3v) is 4.42. The van der Waals surface area contributed by atoms with Crippen molar-refractivity contribution in [3.8, 4) is 17.1 Å². The zero-order chi connectivity index (χ0) is 19.6. The van der Waals surface area contributed by atoms with Gasteiger partial charge >= 0.3 is 0 Å². The third kappa shape index (κ3) is 4.27. The second-order valence-corrected chi connectivity index (χ2v) is 7.32. The van der Waals surface area contributed by atoms with Crippen molar-refractivity contribution in [3.63, 3.8) is 0 Å². The van der Waals surface area contributed by atoms with Crippen molar-refractivity contribution >= 4 is 11.9 Å². The molecular weight excluding hydrogens is 340 g/mol. The van der Waals surface area contributed by atoms with E-state index in [1.54, 1.807) is 6.07 Å². The van der Waals surface area contributed by atoms with Gasteiger partial charge in [0, 0.05) is 23.7 Å². The lowest BCUT2D eigenvalue weighted by atomic mass is 10.0. The molecule has 0 fully saturated rings. The van der Waals surface area contributed by atoms with Crippen LogP contribution < -0.4 is 10.5 Å². The molecule has 3 rings (SSSR count). The minimum Gasteiger partial charge on any atom is -0.475 e. The van der Waals surface area contributed by atoms with Crippen LogP contribution in [0.4, 0.5) is 5.95 Å². The van der Waals surface area contributed by atoms with Crippen LogP contribution in [0.3, 0.4) is 0 Å². The highest BCUT2D eigenvalue weighted by Crippen LogP contribution is 2.25.